The highest BCUT2D eigenvalue weighted by atomic mass is 32.2. The zero-order valence-corrected chi connectivity index (χ0v) is 10.3. The molecule has 0 saturated carbocycles. The summed E-state index contributed by atoms with van der Waals surface area (Å²) in [5, 5.41) is 8.76. The molecule has 0 saturated heterocycles. The summed E-state index contributed by atoms with van der Waals surface area (Å²) in [5.41, 5.74) is 5.26. The van der Waals surface area contributed by atoms with Crippen molar-refractivity contribution in [3.63, 3.8) is 0 Å². The summed E-state index contributed by atoms with van der Waals surface area (Å²) in [7, 11) is -1.76. The molecule has 1 aliphatic heterocycles. The standard InChI is InChI=1S/C10H10O4S.CH5N/c11-10(12)8-4-3-7-2-1-5-15(13,14)9(7)6-8;1-2/h3-4,6H,1-2,5H2,(H,11,12);2H2,1H3. The van der Waals surface area contributed by atoms with E-state index in [0.717, 1.165) is 5.56 Å². The summed E-state index contributed by atoms with van der Waals surface area (Å²) in [6.07, 6.45) is 1.32. The number of hydrogen-bond acceptors (Lipinski definition) is 4. The molecule has 5 nitrogen and oxygen atoms in total. The molecule has 0 radical (unpaired) electrons. The van der Waals surface area contributed by atoms with E-state index < -0.39 is 15.8 Å². The third kappa shape index (κ3) is 2.83. The lowest BCUT2D eigenvalue weighted by Crippen LogP contribution is -2.16. The second-order valence-corrected chi connectivity index (χ2v) is 5.63. The van der Waals surface area contributed by atoms with E-state index >= 15 is 0 Å². The summed E-state index contributed by atoms with van der Waals surface area (Å²) in [6, 6.07) is 4.30. The van der Waals surface area contributed by atoms with Crippen LogP contribution < -0.4 is 5.73 Å². The predicted molar refractivity (Wildman–Crippen MR) is 63.9 cm³/mol. The number of nitrogens with two attached hydrogens (primary N) is 1. The van der Waals surface area contributed by atoms with Gasteiger partial charge in [0.05, 0.1) is 16.2 Å². The quantitative estimate of drug-likeness (QED) is 0.771. The molecular weight excluding hydrogens is 242 g/mol. The number of carboxylic acids is 1. The van der Waals surface area contributed by atoms with Crippen molar-refractivity contribution in [2.24, 2.45) is 5.73 Å². The third-order valence-electron chi connectivity index (χ3n) is 2.51. The smallest absolute Gasteiger partial charge is 0.335 e. The van der Waals surface area contributed by atoms with Crippen molar-refractivity contribution in [2.45, 2.75) is 17.7 Å². The first-order chi connectivity index (χ1) is 8.00. The van der Waals surface area contributed by atoms with E-state index in [1.165, 1.54) is 19.2 Å². The van der Waals surface area contributed by atoms with Crippen molar-refractivity contribution in [3.05, 3.63) is 29.3 Å². The molecule has 0 unspecified atom stereocenters. The maximum Gasteiger partial charge on any atom is 0.335 e. The minimum atomic E-state index is -3.26. The molecule has 94 valence electrons. The van der Waals surface area contributed by atoms with E-state index in [2.05, 4.69) is 5.73 Å². The largest absolute Gasteiger partial charge is 0.478 e. The van der Waals surface area contributed by atoms with Gasteiger partial charge in [0.1, 0.15) is 0 Å². The Balaban J connectivity index is 0.000000686. The number of benzene rings is 1. The Morgan fingerprint density at radius 3 is 2.59 bits per heavy atom. The van der Waals surface area contributed by atoms with Gasteiger partial charge in [-0.25, -0.2) is 13.2 Å². The SMILES string of the molecule is CN.O=C(O)c1ccc2c(c1)S(=O)(=O)CCC2. The Kier molecular flexibility index (Phi) is 4.25. The molecule has 1 aromatic rings. The van der Waals surface area contributed by atoms with E-state index in [1.54, 1.807) is 6.07 Å². The minimum absolute atomic E-state index is 0.0271. The summed E-state index contributed by atoms with van der Waals surface area (Å²) < 4.78 is 23.3. The molecule has 0 bridgehead atoms. The molecule has 1 aromatic carbocycles. The van der Waals surface area contributed by atoms with Crippen LogP contribution in [0.1, 0.15) is 22.3 Å². The Bertz CT molecular complexity index is 522. The van der Waals surface area contributed by atoms with Crippen LogP contribution in [0.25, 0.3) is 0 Å². The van der Waals surface area contributed by atoms with Crippen LogP contribution in [-0.2, 0) is 16.3 Å². The second kappa shape index (κ2) is 5.29. The lowest BCUT2D eigenvalue weighted by atomic mass is 10.1. The number of aromatic carboxylic acids is 1. The van der Waals surface area contributed by atoms with Gasteiger partial charge in [-0.2, -0.15) is 0 Å². The molecular formula is C11H15NO4S. The Labute approximate surface area is 100 Å². The van der Waals surface area contributed by atoms with Gasteiger partial charge in [0.25, 0.3) is 0 Å². The minimum Gasteiger partial charge on any atom is -0.478 e. The third-order valence-corrected chi connectivity index (χ3v) is 4.38. The maximum absolute atomic E-state index is 11.7. The molecule has 0 spiro atoms. The summed E-state index contributed by atoms with van der Waals surface area (Å²) >= 11 is 0. The molecule has 0 atom stereocenters. The second-order valence-electron chi connectivity index (χ2n) is 3.55. The van der Waals surface area contributed by atoms with Crippen molar-refractivity contribution in [1.29, 1.82) is 0 Å². The van der Waals surface area contributed by atoms with Crippen LogP contribution in [-0.4, -0.2) is 32.3 Å². The van der Waals surface area contributed by atoms with Gasteiger partial charge < -0.3 is 10.8 Å². The average Bonchev–Trinajstić information content (AvgIpc) is 2.31. The molecule has 0 aromatic heterocycles. The first-order valence-corrected chi connectivity index (χ1v) is 6.83. The fourth-order valence-electron chi connectivity index (χ4n) is 1.75. The number of hydrogen-bond donors (Lipinski definition) is 2. The van der Waals surface area contributed by atoms with E-state index in [1.807, 2.05) is 0 Å². The van der Waals surface area contributed by atoms with Crippen LogP contribution in [0.5, 0.6) is 0 Å². The van der Waals surface area contributed by atoms with Crippen LogP contribution >= 0.6 is 0 Å². The van der Waals surface area contributed by atoms with Gasteiger partial charge in [0.15, 0.2) is 9.84 Å². The lowest BCUT2D eigenvalue weighted by Gasteiger charge is -2.16. The van der Waals surface area contributed by atoms with Gasteiger partial charge >= 0.3 is 5.97 Å². The van der Waals surface area contributed by atoms with E-state index in [0.29, 0.717) is 12.8 Å². The number of carbonyl (C=O) groups is 1. The highest BCUT2D eigenvalue weighted by Crippen LogP contribution is 2.25. The lowest BCUT2D eigenvalue weighted by molar-refractivity contribution is 0.0696. The fraction of sp³-hybridized carbons (Fsp3) is 0.364. The van der Waals surface area contributed by atoms with Gasteiger partial charge in [-0.15, -0.1) is 0 Å². The van der Waals surface area contributed by atoms with Gasteiger partial charge in [-0.05, 0) is 37.6 Å². The number of carboxylic acid groups (broad SMARTS) is 1. The van der Waals surface area contributed by atoms with Crippen molar-refractivity contribution < 1.29 is 18.3 Å². The number of rotatable bonds is 1. The molecule has 6 heteroatoms. The average molecular weight is 257 g/mol. The van der Waals surface area contributed by atoms with Crippen molar-refractivity contribution >= 4 is 15.8 Å². The molecule has 0 amide bonds. The highest BCUT2D eigenvalue weighted by molar-refractivity contribution is 7.91. The van der Waals surface area contributed by atoms with E-state index in [9.17, 15) is 13.2 Å². The van der Waals surface area contributed by atoms with Crippen molar-refractivity contribution in [1.82, 2.24) is 0 Å². The first-order valence-electron chi connectivity index (χ1n) is 5.17. The maximum atomic E-state index is 11.7. The monoisotopic (exact) mass is 257 g/mol. The summed E-state index contributed by atoms with van der Waals surface area (Å²) in [5.74, 6) is -0.984. The summed E-state index contributed by atoms with van der Waals surface area (Å²) in [4.78, 5) is 10.9. The van der Waals surface area contributed by atoms with Gasteiger partial charge in [0, 0.05) is 0 Å². The Hall–Kier alpha value is -1.40. The Morgan fingerprint density at radius 1 is 1.35 bits per heavy atom. The normalized spacial score (nSPS) is 16.4. The molecule has 3 N–H and O–H groups in total. The summed E-state index contributed by atoms with van der Waals surface area (Å²) in [6.45, 7) is 0. The molecule has 2 rings (SSSR count). The number of aryl methyl sites for hydroxylation is 1. The molecule has 17 heavy (non-hydrogen) atoms. The van der Waals surface area contributed by atoms with Gasteiger partial charge in [-0.3, -0.25) is 0 Å². The molecule has 0 aliphatic carbocycles. The predicted octanol–water partition coefficient (Wildman–Crippen LogP) is 0.680. The Morgan fingerprint density at radius 2 is 2.00 bits per heavy atom. The van der Waals surface area contributed by atoms with Crippen LogP contribution in [0.15, 0.2) is 23.1 Å². The fourth-order valence-corrected chi connectivity index (χ4v) is 3.37. The van der Waals surface area contributed by atoms with Crippen LogP contribution in [0, 0.1) is 0 Å². The van der Waals surface area contributed by atoms with E-state index in [4.69, 9.17) is 5.11 Å². The number of sulfone groups is 1. The zero-order valence-electron chi connectivity index (χ0n) is 9.51. The molecule has 1 aliphatic rings. The number of fused-ring (bicyclic) bond motifs is 1. The van der Waals surface area contributed by atoms with Crippen LogP contribution in [0.4, 0.5) is 0 Å². The first kappa shape index (κ1) is 13.7. The van der Waals surface area contributed by atoms with Crippen molar-refractivity contribution in [3.8, 4) is 0 Å². The van der Waals surface area contributed by atoms with Crippen molar-refractivity contribution in [2.75, 3.05) is 12.8 Å². The van der Waals surface area contributed by atoms with Gasteiger partial charge in [-0.1, -0.05) is 6.07 Å². The molecule has 1 heterocycles. The van der Waals surface area contributed by atoms with Crippen LogP contribution in [0.2, 0.25) is 0 Å². The topological polar surface area (TPSA) is 97.5 Å². The zero-order chi connectivity index (χ0) is 13.1. The highest BCUT2D eigenvalue weighted by Gasteiger charge is 2.24. The molecule has 0 fully saturated rings. The van der Waals surface area contributed by atoms with E-state index in [-0.39, 0.29) is 16.2 Å². The van der Waals surface area contributed by atoms with Crippen LogP contribution in [0.3, 0.4) is 0 Å². The van der Waals surface area contributed by atoms with Gasteiger partial charge in [0.2, 0.25) is 0 Å².